The highest BCUT2D eigenvalue weighted by Gasteiger charge is 2.10. The Bertz CT molecular complexity index is 939. The SMILES string of the molecule is COc1ccc(-n2c(=O)[nH]c3ccc(OC)cc3c2=O)cc1. The van der Waals surface area contributed by atoms with Crippen LogP contribution in [0.25, 0.3) is 16.6 Å². The van der Waals surface area contributed by atoms with Crippen molar-refractivity contribution in [3.05, 3.63) is 63.3 Å². The lowest BCUT2D eigenvalue weighted by Crippen LogP contribution is -2.33. The molecule has 3 rings (SSSR count). The lowest BCUT2D eigenvalue weighted by molar-refractivity contribution is 0.414. The van der Waals surface area contributed by atoms with Crippen molar-refractivity contribution in [2.24, 2.45) is 0 Å². The van der Waals surface area contributed by atoms with E-state index in [0.717, 1.165) is 4.57 Å². The van der Waals surface area contributed by atoms with Gasteiger partial charge >= 0.3 is 5.69 Å². The van der Waals surface area contributed by atoms with E-state index in [4.69, 9.17) is 9.47 Å². The van der Waals surface area contributed by atoms with Crippen LogP contribution in [-0.4, -0.2) is 23.8 Å². The minimum Gasteiger partial charge on any atom is -0.497 e. The number of benzene rings is 2. The van der Waals surface area contributed by atoms with E-state index in [1.807, 2.05) is 0 Å². The van der Waals surface area contributed by atoms with Crippen molar-refractivity contribution in [2.45, 2.75) is 0 Å². The van der Waals surface area contributed by atoms with Gasteiger partial charge in [-0.05, 0) is 42.5 Å². The molecule has 1 N–H and O–H groups in total. The molecule has 0 aliphatic carbocycles. The van der Waals surface area contributed by atoms with Gasteiger partial charge in [0.15, 0.2) is 0 Å². The lowest BCUT2D eigenvalue weighted by atomic mass is 10.2. The Labute approximate surface area is 125 Å². The van der Waals surface area contributed by atoms with Gasteiger partial charge in [0.2, 0.25) is 0 Å². The molecule has 3 aromatic rings. The van der Waals surface area contributed by atoms with Crippen LogP contribution in [0.1, 0.15) is 0 Å². The Morgan fingerprint density at radius 2 is 1.55 bits per heavy atom. The zero-order valence-corrected chi connectivity index (χ0v) is 12.1. The molecule has 1 heterocycles. The number of nitrogens with zero attached hydrogens (tertiary/aromatic N) is 1. The fourth-order valence-corrected chi connectivity index (χ4v) is 2.29. The minimum absolute atomic E-state index is 0.384. The summed E-state index contributed by atoms with van der Waals surface area (Å²) in [7, 11) is 3.07. The molecule has 0 spiro atoms. The number of hydrogen-bond acceptors (Lipinski definition) is 4. The zero-order chi connectivity index (χ0) is 15.7. The van der Waals surface area contributed by atoms with E-state index in [2.05, 4.69) is 4.98 Å². The molecule has 0 bridgehead atoms. The molecular weight excluding hydrogens is 284 g/mol. The average molecular weight is 298 g/mol. The van der Waals surface area contributed by atoms with E-state index in [-0.39, 0.29) is 0 Å². The highest BCUT2D eigenvalue weighted by atomic mass is 16.5. The molecule has 0 saturated carbocycles. The van der Waals surface area contributed by atoms with Crippen LogP contribution in [-0.2, 0) is 0 Å². The Morgan fingerprint density at radius 1 is 0.909 bits per heavy atom. The molecule has 0 unspecified atom stereocenters. The van der Waals surface area contributed by atoms with Gasteiger partial charge in [-0.25, -0.2) is 9.36 Å². The third-order valence-electron chi connectivity index (χ3n) is 3.44. The first-order valence-corrected chi connectivity index (χ1v) is 6.61. The van der Waals surface area contributed by atoms with Crippen molar-refractivity contribution < 1.29 is 9.47 Å². The first kappa shape index (κ1) is 13.9. The van der Waals surface area contributed by atoms with Gasteiger partial charge < -0.3 is 14.5 Å². The standard InChI is InChI=1S/C16H14N2O4/c1-21-11-5-3-10(4-6-11)18-15(19)13-9-12(22-2)7-8-14(13)17-16(18)20/h3-9H,1-2H3,(H,17,20). The van der Waals surface area contributed by atoms with E-state index in [9.17, 15) is 9.59 Å². The van der Waals surface area contributed by atoms with E-state index in [1.165, 1.54) is 7.11 Å². The molecule has 0 aliphatic rings. The molecule has 0 amide bonds. The second-order valence-corrected chi connectivity index (χ2v) is 4.68. The molecule has 22 heavy (non-hydrogen) atoms. The molecule has 0 atom stereocenters. The maximum absolute atomic E-state index is 12.6. The van der Waals surface area contributed by atoms with Crippen molar-refractivity contribution in [2.75, 3.05) is 14.2 Å². The van der Waals surface area contributed by atoms with Crippen molar-refractivity contribution in [1.29, 1.82) is 0 Å². The number of aromatic nitrogens is 2. The van der Waals surface area contributed by atoms with Crippen molar-refractivity contribution in [3.63, 3.8) is 0 Å². The number of aromatic amines is 1. The van der Waals surface area contributed by atoms with E-state index in [1.54, 1.807) is 49.6 Å². The van der Waals surface area contributed by atoms with Crippen LogP contribution in [0.15, 0.2) is 52.1 Å². The lowest BCUT2D eigenvalue weighted by Gasteiger charge is -2.08. The number of ether oxygens (including phenoxy) is 2. The molecule has 1 aromatic heterocycles. The van der Waals surface area contributed by atoms with Crippen LogP contribution >= 0.6 is 0 Å². The van der Waals surface area contributed by atoms with Crippen LogP contribution in [0.2, 0.25) is 0 Å². The number of hydrogen-bond donors (Lipinski definition) is 1. The first-order valence-electron chi connectivity index (χ1n) is 6.61. The molecule has 2 aromatic carbocycles. The number of fused-ring (bicyclic) bond motifs is 1. The van der Waals surface area contributed by atoms with Gasteiger partial charge in [-0.1, -0.05) is 0 Å². The fourth-order valence-electron chi connectivity index (χ4n) is 2.29. The van der Waals surface area contributed by atoms with Crippen LogP contribution in [0.5, 0.6) is 11.5 Å². The van der Waals surface area contributed by atoms with Gasteiger partial charge in [-0.15, -0.1) is 0 Å². The van der Waals surface area contributed by atoms with E-state index >= 15 is 0 Å². The Morgan fingerprint density at radius 3 is 2.18 bits per heavy atom. The predicted molar refractivity (Wildman–Crippen MR) is 83.3 cm³/mol. The van der Waals surface area contributed by atoms with Gasteiger partial charge in [-0.2, -0.15) is 0 Å². The van der Waals surface area contributed by atoms with Gasteiger partial charge in [0.1, 0.15) is 11.5 Å². The predicted octanol–water partition coefficient (Wildman–Crippen LogP) is 1.70. The molecule has 0 aliphatic heterocycles. The summed E-state index contributed by atoms with van der Waals surface area (Å²) in [6, 6.07) is 11.6. The number of rotatable bonds is 3. The van der Waals surface area contributed by atoms with Crippen LogP contribution in [0, 0.1) is 0 Å². The van der Waals surface area contributed by atoms with Gasteiger partial charge in [-0.3, -0.25) is 4.79 Å². The molecule has 112 valence electrons. The molecule has 0 saturated heterocycles. The third-order valence-corrected chi connectivity index (χ3v) is 3.44. The Balaban J connectivity index is 2.28. The summed E-state index contributed by atoms with van der Waals surface area (Å²) < 4.78 is 11.3. The van der Waals surface area contributed by atoms with Crippen LogP contribution < -0.4 is 20.7 Å². The van der Waals surface area contributed by atoms with Gasteiger partial charge in [0.25, 0.3) is 5.56 Å². The zero-order valence-electron chi connectivity index (χ0n) is 12.1. The summed E-state index contributed by atoms with van der Waals surface area (Å²) in [6.07, 6.45) is 0. The summed E-state index contributed by atoms with van der Waals surface area (Å²) in [6.45, 7) is 0. The maximum Gasteiger partial charge on any atom is 0.333 e. The molecule has 0 radical (unpaired) electrons. The minimum atomic E-state index is -0.493. The number of methoxy groups -OCH3 is 2. The molecular formula is C16H14N2O4. The van der Waals surface area contributed by atoms with E-state index < -0.39 is 11.2 Å². The second kappa shape index (κ2) is 5.40. The van der Waals surface area contributed by atoms with Gasteiger partial charge in [0, 0.05) is 0 Å². The highest BCUT2D eigenvalue weighted by molar-refractivity contribution is 5.79. The average Bonchev–Trinajstić information content (AvgIpc) is 2.55. The van der Waals surface area contributed by atoms with Crippen molar-refractivity contribution in [1.82, 2.24) is 9.55 Å². The summed E-state index contributed by atoms with van der Waals surface area (Å²) in [5, 5.41) is 0.384. The molecule has 6 heteroatoms. The molecule has 0 fully saturated rings. The quantitative estimate of drug-likeness (QED) is 0.798. The summed E-state index contributed by atoms with van der Waals surface area (Å²) in [4.78, 5) is 27.5. The first-order chi connectivity index (χ1) is 10.6. The topological polar surface area (TPSA) is 73.3 Å². The van der Waals surface area contributed by atoms with E-state index in [0.29, 0.717) is 28.1 Å². The fraction of sp³-hybridized carbons (Fsp3) is 0.125. The number of nitrogens with one attached hydrogen (secondary N) is 1. The molecule has 6 nitrogen and oxygen atoms in total. The normalized spacial score (nSPS) is 10.6. The van der Waals surface area contributed by atoms with Crippen LogP contribution in [0.3, 0.4) is 0 Å². The van der Waals surface area contributed by atoms with Crippen LogP contribution in [0.4, 0.5) is 0 Å². The highest BCUT2D eigenvalue weighted by Crippen LogP contribution is 2.17. The van der Waals surface area contributed by atoms with Crippen molar-refractivity contribution in [3.8, 4) is 17.2 Å². The monoisotopic (exact) mass is 298 g/mol. The Kier molecular flexibility index (Phi) is 3.42. The smallest absolute Gasteiger partial charge is 0.333 e. The Hall–Kier alpha value is -3.02. The summed E-state index contributed by atoms with van der Waals surface area (Å²) >= 11 is 0. The number of H-pyrrole nitrogens is 1. The third kappa shape index (κ3) is 2.24. The summed E-state index contributed by atoms with van der Waals surface area (Å²) in [5.41, 5.74) is 0.0491. The van der Waals surface area contributed by atoms with Gasteiger partial charge in [0.05, 0.1) is 30.8 Å². The second-order valence-electron chi connectivity index (χ2n) is 4.68. The largest absolute Gasteiger partial charge is 0.497 e. The maximum atomic E-state index is 12.6. The van der Waals surface area contributed by atoms with Crippen molar-refractivity contribution >= 4 is 10.9 Å². The summed E-state index contributed by atoms with van der Waals surface area (Å²) in [5.74, 6) is 1.20.